The van der Waals surface area contributed by atoms with Gasteiger partial charge in [0.1, 0.15) is 17.7 Å². The Bertz CT molecular complexity index is 840. The fourth-order valence-electron chi connectivity index (χ4n) is 3.10. The first kappa shape index (κ1) is 15.9. The third-order valence-electron chi connectivity index (χ3n) is 3.97. The average Bonchev–Trinajstić information content (AvgIpc) is 3.09. The van der Waals surface area contributed by atoms with Gasteiger partial charge in [-0.05, 0) is 13.8 Å². The molecule has 2 saturated heterocycles. The van der Waals surface area contributed by atoms with Gasteiger partial charge in [-0.15, -0.1) is 0 Å². The van der Waals surface area contributed by atoms with Gasteiger partial charge < -0.3 is 25.1 Å². The van der Waals surface area contributed by atoms with E-state index in [1.165, 1.54) is 6.33 Å². The Kier molecular flexibility index (Phi) is 3.46. The molecule has 0 amide bonds. The van der Waals surface area contributed by atoms with Crippen molar-refractivity contribution >= 4 is 45.5 Å². The molecule has 0 bridgehead atoms. The molecule has 11 heteroatoms. The topological polar surface area (TPSA) is 135 Å². The monoisotopic (exact) mass is 447 g/mol. The number of rotatable bonds is 2. The highest BCUT2D eigenvalue weighted by atomic mass is 127. The van der Waals surface area contributed by atoms with Crippen molar-refractivity contribution in [3.63, 3.8) is 0 Å². The molecule has 128 valence electrons. The first-order valence-corrected chi connectivity index (χ1v) is 8.24. The van der Waals surface area contributed by atoms with Crippen LogP contribution in [0.4, 0.5) is 5.82 Å². The standard InChI is InChI=1S/C13H14IN5O5/c1-13(2)23-5-6(24-13)10(22-7(5)11(20)21)19-3-16-4-8(15)17-12(14)18-9(4)19/h3,5-7,10H,1-2H3,(H,20,21)(H2,15,17,18)/t5-,6+,7-,10+/m0/s1. The predicted molar refractivity (Wildman–Crippen MR) is 87.8 cm³/mol. The highest BCUT2D eigenvalue weighted by Crippen LogP contribution is 2.43. The summed E-state index contributed by atoms with van der Waals surface area (Å²) in [5.41, 5.74) is 6.75. The Balaban J connectivity index is 1.80. The fourth-order valence-corrected chi connectivity index (χ4v) is 3.58. The molecule has 24 heavy (non-hydrogen) atoms. The molecule has 0 aromatic carbocycles. The van der Waals surface area contributed by atoms with Crippen LogP contribution in [0.25, 0.3) is 11.2 Å². The summed E-state index contributed by atoms with van der Waals surface area (Å²) in [7, 11) is 0. The molecule has 0 aliphatic carbocycles. The minimum atomic E-state index is -1.14. The highest BCUT2D eigenvalue weighted by molar-refractivity contribution is 14.1. The minimum Gasteiger partial charge on any atom is -0.479 e. The molecular formula is C13H14IN5O5. The Hall–Kier alpha value is -1.57. The van der Waals surface area contributed by atoms with E-state index in [0.717, 1.165) is 0 Å². The van der Waals surface area contributed by atoms with Crippen LogP contribution in [0.15, 0.2) is 6.33 Å². The molecule has 4 rings (SSSR count). The largest absolute Gasteiger partial charge is 0.479 e. The van der Waals surface area contributed by atoms with Crippen molar-refractivity contribution in [3.05, 3.63) is 10.2 Å². The zero-order valence-electron chi connectivity index (χ0n) is 12.7. The third kappa shape index (κ3) is 2.34. The number of nitrogens with two attached hydrogens (primary N) is 1. The summed E-state index contributed by atoms with van der Waals surface area (Å²) in [6, 6.07) is 0. The van der Waals surface area contributed by atoms with Crippen LogP contribution in [0.2, 0.25) is 0 Å². The summed E-state index contributed by atoms with van der Waals surface area (Å²) in [6.45, 7) is 3.47. The number of aromatic nitrogens is 4. The van der Waals surface area contributed by atoms with Crippen LogP contribution in [0.1, 0.15) is 20.1 Å². The SMILES string of the molecule is CC1(C)O[C@@H]2[C@H](O1)[C@@H](C(=O)O)O[C@H]2n1cnc2c(N)nc(I)nc21. The first-order valence-electron chi connectivity index (χ1n) is 7.16. The summed E-state index contributed by atoms with van der Waals surface area (Å²) < 4.78 is 19.3. The van der Waals surface area contributed by atoms with Gasteiger partial charge in [0.15, 0.2) is 33.4 Å². The Labute approximate surface area is 149 Å². The number of anilines is 1. The first-order chi connectivity index (χ1) is 11.3. The van der Waals surface area contributed by atoms with Crippen LogP contribution < -0.4 is 5.73 Å². The number of hydrogen-bond acceptors (Lipinski definition) is 8. The molecule has 0 spiro atoms. The van der Waals surface area contributed by atoms with Crippen LogP contribution >= 0.6 is 22.6 Å². The maximum Gasteiger partial charge on any atom is 0.335 e. The zero-order valence-corrected chi connectivity index (χ0v) is 14.9. The molecule has 10 nitrogen and oxygen atoms in total. The molecular weight excluding hydrogens is 433 g/mol. The predicted octanol–water partition coefficient (Wildman–Crippen LogP) is 0.515. The second kappa shape index (κ2) is 5.21. The van der Waals surface area contributed by atoms with Crippen LogP contribution in [0.3, 0.4) is 0 Å². The number of fused-ring (bicyclic) bond motifs is 2. The van der Waals surface area contributed by atoms with Crippen molar-refractivity contribution in [1.82, 2.24) is 19.5 Å². The van der Waals surface area contributed by atoms with Gasteiger partial charge in [0, 0.05) is 22.6 Å². The lowest BCUT2D eigenvalue weighted by Crippen LogP contribution is -2.35. The van der Waals surface area contributed by atoms with Crippen LogP contribution in [-0.2, 0) is 19.0 Å². The van der Waals surface area contributed by atoms with E-state index < -0.39 is 36.3 Å². The maximum atomic E-state index is 11.5. The molecule has 2 aromatic rings. The summed E-state index contributed by atoms with van der Waals surface area (Å²) in [6.07, 6.45) is -1.72. The average molecular weight is 447 g/mol. The zero-order chi connectivity index (χ0) is 17.2. The number of imidazole rings is 1. The normalized spacial score (nSPS) is 31.5. The van der Waals surface area contributed by atoms with Crippen molar-refractivity contribution in [2.45, 2.75) is 44.2 Å². The molecule has 3 N–H and O–H groups in total. The van der Waals surface area contributed by atoms with Crippen LogP contribution in [-0.4, -0.2) is 54.7 Å². The molecule has 0 unspecified atom stereocenters. The molecule has 4 atom stereocenters. The molecule has 2 aliphatic heterocycles. The van der Waals surface area contributed by atoms with E-state index in [1.807, 2.05) is 22.6 Å². The Morgan fingerprint density at radius 3 is 2.79 bits per heavy atom. The van der Waals surface area contributed by atoms with Gasteiger partial charge in [-0.1, -0.05) is 0 Å². The van der Waals surface area contributed by atoms with Crippen molar-refractivity contribution < 1.29 is 24.1 Å². The van der Waals surface area contributed by atoms with Gasteiger partial charge in [0.25, 0.3) is 0 Å². The number of carboxylic acids is 1. The van der Waals surface area contributed by atoms with Gasteiger partial charge in [-0.3, -0.25) is 4.57 Å². The van der Waals surface area contributed by atoms with E-state index in [0.29, 0.717) is 15.0 Å². The number of carboxylic acid groups (broad SMARTS) is 1. The third-order valence-corrected chi connectivity index (χ3v) is 4.45. The molecule has 4 heterocycles. The van der Waals surface area contributed by atoms with Crippen LogP contribution in [0, 0.1) is 3.83 Å². The smallest absolute Gasteiger partial charge is 0.335 e. The summed E-state index contributed by atoms with van der Waals surface area (Å²) >= 11 is 1.95. The minimum absolute atomic E-state index is 0.247. The van der Waals surface area contributed by atoms with Crippen molar-refractivity contribution in [2.24, 2.45) is 0 Å². The Morgan fingerprint density at radius 2 is 2.08 bits per heavy atom. The quantitative estimate of drug-likeness (QED) is 0.499. The molecule has 0 saturated carbocycles. The van der Waals surface area contributed by atoms with Crippen molar-refractivity contribution in [2.75, 3.05) is 5.73 Å². The lowest BCUT2D eigenvalue weighted by atomic mass is 10.1. The summed E-state index contributed by atoms with van der Waals surface area (Å²) in [5.74, 6) is -1.76. The number of nitrogen functional groups attached to an aromatic ring is 1. The number of hydrogen-bond donors (Lipinski definition) is 2. The lowest BCUT2D eigenvalue weighted by Gasteiger charge is -2.23. The van der Waals surface area contributed by atoms with E-state index >= 15 is 0 Å². The number of ether oxygens (including phenoxy) is 3. The molecule has 2 aliphatic rings. The van der Waals surface area contributed by atoms with Gasteiger partial charge in [0.2, 0.25) is 0 Å². The fraction of sp³-hybridized carbons (Fsp3) is 0.538. The van der Waals surface area contributed by atoms with E-state index in [2.05, 4.69) is 15.0 Å². The summed E-state index contributed by atoms with van der Waals surface area (Å²) in [5, 5.41) is 9.42. The van der Waals surface area contributed by atoms with Gasteiger partial charge in [-0.25, -0.2) is 19.7 Å². The van der Waals surface area contributed by atoms with Gasteiger partial charge in [-0.2, -0.15) is 0 Å². The van der Waals surface area contributed by atoms with Crippen molar-refractivity contribution in [1.29, 1.82) is 0 Å². The van der Waals surface area contributed by atoms with E-state index in [1.54, 1.807) is 18.4 Å². The maximum absolute atomic E-state index is 11.5. The summed E-state index contributed by atoms with van der Waals surface area (Å²) in [4.78, 5) is 24.1. The molecule has 2 aromatic heterocycles. The van der Waals surface area contributed by atoms with Gasteiger partial charge in [0.05, 0.1) is 6.33 Å². The van der Waals surface area contributed by atoms with E-state index in [4.69, 9.17) is 19.9 Å². The number of carbonyl (C=O) groups is 1. The number of aliphatic carboxylic acids is 1. The number of nitrogens with zero attached hydrogens (tertiary/aromatic N) is 4. The number of halogens is 1. The van der Waals surface area contributed by atoms with E-state index in [-0.39, 0.29) is 5.82 Å². The lowest BCUT2D eigenvalue weighted by molar-refractivity contribution is -0.202. The molecule has 2 fully saturated rings. The second-order valence-corrected chi connectivity index (χ2v) is 7.02. The van der Waals surface area contributed by atoms with Crippen molar-refractivity contribution in [3.8, 4) is 0 Å². The van der Waals surface area contributed by atoms with E-state index in [9.17, 15) is 9.90 Å². The van der Waals surface area contributed by atoms with Crippen LogP contribution in [0.5, 0.6) is 0 Å². The van der Waals surface area contributed by atoms with Gasteiger partial charge >= 0.3 is 5.97 Å². The highest BCUT2D eigenvalue weighted by Gasteiger charge is 2.58. The second-order valence-electron chi connectivity index (χ2n) is 6.05. The molecule has 0 radical (unpaired) electrons. The Morgan fingerprint density at radius 1 is 1.38 bits per heavy atom.